The number of aryl methyl sites for hydroxylation is 2. The Morgan fingerprint density at radius 1 is 1.39 bits per heavy atom. The molecule has 1 aromatic heterocycles. The zero-order valence-electron chi connectivity index (χ0n) is 10.6. The van der Waals surface area contributed by atoms with Crippen molar-refractivity contribution in [3.8, 4) is 0 Å². The van der Waals surface area contributed by atoms with Gasteiger partial charge in [0.2, 0.25) is 0 Å². The van der Waals surface area contributed by atoms with Crippen LogP contribution in [0.5, 0.6) is 0 Å². The average molecular weight is 240 g/mol. The number of rotatable bonds is 4. The molecule has 18 heavy (non-hydrogen) atoms. The standard InChI is InChI=1S/C15H16N2O/c1-3-17-14(9-10-16-17)7-8-15(18)13-6-4-5-12(2)11-13/h4-11H,3H2,1-2H3/b8-7+. The van der Waals surface area contributed by atoms with Crippen molar-refractivity contribution in [3.05, 3.63) is 59.4 Å². The van der Waals surface area contributed by atoms with Crippen molar-refractivity contribution in [3.63, 3.8) is 0 Å². The van der Waals surface area contributed by atoms with E-state index < -0.39 is 0 Å². The van der Waals surface area contributed by atoms with Gasteiger partial charge in [0.15, 0.2) is 5.78 Å². The summed E-state index contributed by atoms with van der Waals surface area (Å²) in [6.07, 6.45) is 5.14. The van der Waals surface area contributed by atoms with Crippen molar-refractivity contribution in [2.24, 2.45) is 0 Å². The van der Waals surface area contributed by atoms with E-state index in [1.54, 1.807) is 18.3 Å². The zero-order valence-corrected chi connectivity index (χ0v) is 10.6. The molecule has 2 aromatic rings. The Hall–Kier alpha value is -2.16. The van der Waals surface area contributed by atoms with Crippen LogP contribution < -0.4 is 0 Å². The summed E-state index contributed by atoms with van der Waals surface area (Å²) in [5.74, 6) is 0.0163. The van der Waals surface area contributed by atoms with Gasteiger partial charge in [-0.25, -0.2) is 0 Å². The minimum atomic E-state index is 0.0163. The Kier molecular flexibility index (Phi) is 3.72. The molecule has 0 aliphatic carbocycles. The molecule has 0 radical (unpaired) electrons. The second-order valence-electron chi connectivity index (χ2n) is 4.14. The molecule has 0 saturated heterocycles. The largest absolute Gasteiger partial charge is 0.289 e. The summed E-state index contributed by atoms with van der Waals surface area (Å²) in [6.45, 7) is 4.80. The minimum absolute atomic E-state index is 0.0163. The highest BCUT2D eigenvalue weighted by molar-refractivity contribution is 6.06. The van der Waals surface area contributed by atoms with Gasteiger partial charge in [0, 0.05) is 18.3 Å². The Labute approximate surface area is 107 Å². The lowest BCUT2D eigenvalue weighted by Crippen LogP contribution is -1.99. The maximum atomic E-state index is 12.0. The van der Waals surface area contributed by atoms with Crippen LogP contribution in [0.25, 0.3) is 6.08 Å². The van der Waals surface area contributed by atoms with Gasteiger partial charge >= 0.3 is 0 Å². The Bertz CT molecular complexity index is 582. The van der Waals surface area contributed by atoms with Crippen LogP contribution in [0.15, 0.2) is 42.6 Å². The van der Waals surface area contributed by atoms with Gasteiger partial charge in [-0.15, -0.1) is 0 Å². The summed E-state index contributed by atoms with van der Waals surface area (Å²) in [5, 5.41) is 4.15. The van der Waals surface area contributed by atoms with Crippen LogP contribution >= 0.6 is 0 Å². The van der Waals surface area contributed by atoms with Gasteiger partial charge in [0.05, 0.1) is 5.69 Å². The van der Waals surface area contributed by atoms with Crippen molar-refractivity contribution in [2.45, 2.75) is 20.4 Å². The number of carbonyl (C=O) groups is 1. The number of allylic oxidation sites excluding steroid dienone is 1. The average Bonchev–Trinajstić information content (AvgIpc) is 2.83. The summed E-state index contributed by atoms with van der Waals surface area (Å²) in [6, 6.07) is 9.49. The molecule has 0 bridgehead atoms. The molecular weight excluding hydrogens is 224 g/mol. The van der Waals surface area contributed by atoms with Crippen molar-refractivity contribution in [1.29, 1.82) is 0 Å². The molecule has 0 amide bonds. The van der Waals surface area contributed by atoms with E-state index in [2.05, 4.69) is 5.10 Å². The van der Waals surface area contributed by atoms with Crippen LogP contribution in [-0.2, 0) is 6.54 Å². The number of ketones is 1. The van der Waals surface area contributed by atoms with E-state index >= 15 is 0 Å². The Morgan fingerprint density at radius 3 is 2.94 bits per heavy atom. The number of hydrogen-bond donors (Lipinski definition) is 0. The van der Waals surface area contributed by atoms with Crippen LogP contribution in [0.3, 0.4) is 0 Å². The van der Waals surface area contributed by atoms with E-state index in [0.717, 1.165) is 17.8 Å². The third-order valence-electron chi connectivity index (χ3n) is 2.76. The van der Waals surface area contributed by atoms with Crippen LogP contribution in [0.4, 0.5) is 0 Å². The highest BCUT2D eigenvalue weighted by atomic mass is 16.1. The highest BCUT2D eigenvalue weighted by Crippen LogP contribution is 2.08. The number of benzene rings is 1. The predicted octanol–water partition coefficient (Wildman–Crippen LogP) is 3.11. The second kappa shape index (κ2) is 5.45. The van der Waals surface area contributed by atoms with Crippen molar-refractivity contribution < 1.29 is 4.79 Å². The first-order valence-corrected chi connectivity index (χ1v) is 6.01. The molecule has 0 saturated carbocycles. The summed E-state index contributed by atoms with van der Waals surface area (Å²) >= 11 is 0. The smallest absolute Gasteiger partial charge is 0.185 e. The predicted molar refractivity (Wildman–Crippen MR) is 72.4 cm³/mol. The summed E-state index contributed by atoms with van der Waals surface area (Å²) < 4.78 is 1.85. The minimum Gasteiger partial charge on any atom is -0.289 e. The monoisotopic (exact) mass is 240 g/mol. The molecule has 2 rings (SSSR count). The molecule has 1 heterocycles. The third-order valence-corrected chi connectivity index (χ3v) is 2.76. The van der Waals surface area contributed by atoms with E-state index in [0.29, 0.717) is 5.56 Å². The first-order chi connectivity index (χ1) is 8.70. The van der Waals surface area contributed by atoms with Crippen LogP contribution in [0.2, 0.25) is 0 Å². The first-order valence-electron chi connectivity index (χ1n) is 6.01. The summed E-state index contributed by atoms with van der Waals surface area (Å²) in [7, 11) is 0. The maximum Gasteiger partial charge on any atom is 0.185 e. The van der Waals surface area contributed by atoms with Crippen LogP contribution in [0, 0.1) is 6.92 Å². The van der Waals surface area contributed by atoms with E-state index in [-0.39, 0.29) is 5.78 Å². The van der Waals surface area contributed by atoms with Crippen molar-refractivity contribution in [2.75, 3.05) is 0 Å². The lowest BCUT2D eigenvalue weighted by molar-refractivity contribution is 0.104. The lowest BCUT2D eigenvalue weighted by Gasteiger charge is -1.99. The fourth-order valence-electron chi connectivity index (χ4n) is 1.80. The Balaban J connectivity index is 2.17. The van der Waals surface area contributed by atoms with Crippen LogP contribution in [-0.4, -0.2) is 15.6 Å². The molecule has 0 aliphatic heterocycles. The first kappa shape index (κ1) is 12.3. The van der Waals surface area contributed by atoms with Gasteiger partial charge in [-0.1, -0.05) is 23.8 Å². The van der Waals surface area contributed by atoms with Gasteiger partial charge in [-0.2, -0.15) is 5.10 Å². The number of carbonyl (C=O) groups excluding carboxylic acids is 1. The summed E-state index contributed by atoms with van der Waals surface area (Å²) in [4.78, 5) is 12.0. The topological polar surface area (TPSA) is 34.9 Å². The van der Waals surface area contributed by atoms with Crippen molar-refractivity contribution in [1.82, 2.24) is 9.78 Å². The molecular formula is C15H16N2O. The fraction of sp³-hybridized carbons (Fsp3) is 0.200. The molecule has 1 aromatic carbocycles. The highest BCUT2D eigenvalue weighted by Gasteiger charge is 2.02. The van der Waals surface area contributed by atoms with E-state index in [9.17, 15) is 4.79 Å². The van der Waals surface area contributed by atoms with Gasteiger partial charge in [-0.05, 0) is 38.1 Å². The maximum absolute atomic E-state index is 12.0. The Morgan fingerprint density at radius 2 is 2.22 bits per heavy atom. The van der Waals surface area contributed by atoms with Gasteiger partial charge < -0.3 is 0 Å². The van der Waals surface area contributed by atoms with Gasteiger partial charge in [0.1, 0.15) is 0 Å². The number of hydrogen-bond acceptors (Lipinski definition) is 2. The third kappa shape index (κ3) is 2.74. The molecule has 3 heteroatoms. The van der Waals surface area contributed by atoms with E-state index in [1.807, 2.05) is 48.9 Å². The lowest BCUT2D eigenvalue weighted by atomic mass is 10.1. The molecule has 0 atom stereocenters. The van der Waals surface area contributed by atoms with Gasteiger partial charge in [0.25, 0.3) is 0 Å². The fourth-order valence-corrected chi connectivity index (χ4v) is 1.80. The number of nitrogens with zero attached hydrogens (tertiary/aromatic N) is 2. The SMILES string of the molecule is CCn1nccc1/C=C/C(=O)c1cccc(C)c1. The zero-order chi connectivity index (χ0) is 13.0. The van der Waals surface area contributed by atoms with Gasteiger partial charge in [-0.3, -0.25) is 9.48 Å². The summed E-state index contributed by atoms with van der Waals surface area (Å²) in [5.41, 5.74) is 2.75. The second-order valence-corrected chi connectivity index (χ2v) is 4.14. The molecule has 0 aliphatic rings. The quantitative estimate of drug-likeness (QED) is 0.608. The molecule has 0 fully saturated rings. The normalized spacial score (nSPS) is 11.0. The molecule has 0 N–H and O–H groups in total. The van der Waals surface area contributed by atoms with E-state index in [1.165, 1.54) is 0 Å². The van der Waals surface area contributed by atoms with Crippen molar-refractivity contribution >= 4 is 11.9 Å². The molecule has 3 nitrogen and oxygen atoms in total. The molecule has 0 spiro atoms. The van der Waals surface area contributed by atoms with Crippen LogP contribution in [0.1, 0.15) is 28.5 Å². The number of aromatic nitrogens is 2. The molecule has 0 unspecified atom stereocenters. The molecule has 92 valence electrons. The van der Waals surface area contributed by atoms with E-state index in [4.69, 9.17) is 0 Å².